The molecule has 0 unspecified atom stereocenters. The van der Waals surface area contributed by atoms with E-state index in [9.17, 15) is 13.2 Å². The third kappa shape index (κ3) is 5.12. The SMILES string of the molecule is O=C(C1CCN(S(=O)(=O)c2ccc(Cl)cc2)CC1)N(Cc1cccnc1)c1nc2c(Cl)cccc2s1. The molecule has 11 heteroatoms. The minimum atomic E-state index is -3.65. The lowest BCUT2D eigenvalue weighted by Gasteiger charge is -2.33. The Morgan fingerprint density at radius 3 is 2.47 bits per heavy atom. The number of thiazole rings is 1. The van der Waals surface area contributed by atoms with Crippen LogP contribution in [-0.4, -0.2) is 41.7 Å². The average molecular weight is 562 g/mol. The van der Waals surface area contributed by atoms with Gasteiger partial charge in [0.2, 0.25) is 15.9 Å². The lowest BCUT2D eigenvalue weighted by molar-refractivity contribution is -0.123. The molecule has 3 heterocycles. The number of aromatic nitrogens is 2. The number of rotatable bonds is 6. The summed E-state index contributed by atoms with van der Waals surface area (Å²) in [6, 6.07) is 15.4. The quantitative estimate of drug-likeness (QED) is 0.305. The number of piperidine rings is 1. The van der Waals surface area contributed by atoms with Crippen LogP contribution in [0.4, 0.5) is 5.13 Å². The first-order chi connectivity index (χ1) is 17.3. The Kier molecular flexibility index (Phi) is 7.28. The molecule has 2 aromatic heterocycles. The van der Waals surface area contributed by atoms with Gasteiger partial charge in [0.1, 0.15) is 5.52 Å². The fourth-order valence-corrected chi connectivity index (χ4v) is 7.12. The van der Waals surface area contributed by atoms with E-state index < -0.39 is 10.0 Å². The Hall–Kier alpha value is -2.56. The highest BCUT2D eigenvalue weighted by atomic mass is 35.5. The maximum atomic E-state index is 13.8. The van der Waals surface area contributed by atoms with Crippen LogP contribution in [0.15, 0.2) is 71.9 Å². The Morgan fingerprint density at radius 2 is 1.81 bits per heavy atom. The van der Waals surface area contributed by atoms with Crippen LogP contribution in [0.5, 0.6) is 0 Å². The van der Waals surface area contributed by atoms with Gasteiger partial charge in [-0.2, -0.15) is 4.31 Å². The number of para-hydroxylation sites is 1. The van der Waals surface area contributed by atoms with Crippen LogP contribution in [-0.2, 0) is 21.4 Å². The first-order valence-electron chi connectivity index (χ1n) is 11.3. The van der Waals surface area contributed by atoms with Gasteiger partial charge in [-0.05, 0) is 60.9 Å². The number of benzene rings is 2. The van der Waals surface area contributed by atoms with Crippen molar-refractivity contribution < 1.29 is 13.2 Å². The van der Waals surface area contributed by atoms with Crippen molar-refractivity contribution in [1.82, 2.24) is 14.3 Å². The normalized spacial score (nSPS) is 15.3. The number of sulfonamides is 1. The molecule has 36 heavy (non-hydrogen) atoms. The second-order valence-electron chi connectivity index (χ2n) is 8.50. The predicted octanol–water partition coefficient (Wildman–Crippen LogP) is 5.63. The molecule has 1 aliphatic heterocycles. The summed E-state index contributed by atoms with van der Waals surface area (Å²) in [5.74, 6) is -0.418. The zero-order chi connectivity index (χ0) is 25.3. The zero-order valence-corrected chi connectivity index (χ0v) is 22.2. The van der Waals surface area contributed by atoms with Crippen LogP contribution < -0.4 is 4.90 Å². The molecule has 2 aromatic carbocycles. The van der Waals surface area contributed by atoms with Gasteiger partial charge in [-0.1, -0.05) is 46.7 Å². The van der Waals surface area contributed by atoms with Crippen LogP contribution in [0.2, 0.25) is 10.0 Å². The van der Waals surface area contributed by atoms with E-state index in [1.807, 2.05) is 24.3 Å². The molecule has 0 saturated carbocycles. The summed E-state index contributed by atoms with van der Waals surface area (Å²) in [6.07, 6.45) is 4.24. The molecule has 0 spiro atoms. The summed E-state index contributed by atoms with van der Waals surface area (Å²) in [5, 5.41) is 1.57. The van der Waals surface area contributed by atoms with E-state index in [0.717, 1.165) is 10.3 Å². The number of carbonyl (C=O) groups is 1. The van der Waals surface area contributed by atoms with Crippen molar-refractivity contribution in [3.63, 3.8) is 0 Å². The number of carbonyl (C=O) groups excluding carboxylic acids is 1. The fraction of sp³-hybridized carbons (Fsp3) is 0.240. The second kappa shape index (κ2) is 10.4. The Balaban J connectivity index is 1.37. The molecule has 7 nitrogen and oxygen atoms in total. The number of fused-ring (bicyclic) bond motifs is 1. The molecule has 5 rings (SSSR count). The molecule has 0 aliphatic carbocycles. The van der Waals surface area contributed by atoms with Crippen molar-refractivity contribution in [2.45, 2.75) is 24.3 Å². The van der Waals surface area contributed by atoms with E-state index in [0.29, 0.717) is 40.1 Å². The molecule has 0 N–H and O–H groups in total. The van der Waals surface area contributed by atoms with Crippen LogP contribution >= 0.6 is 34.5 Å². The van der Waals surface area contributed by atoms with Crippen LogP contribution in [0.1, 0.15) is 18.4 Å². The molecule has 0 bridgehead atoms. The third-order valence-electron chi connectivity index (χ3n) is 6.17. The van der Waals surface area contributed by atoms with Crippen molar-refractivity contribution >= 4 is 65.8 Å². The van der Waals surface area contributed by atoms with E-state index in [1.165, 1.54) is 27.8 Å². The van der Waals surface area contributed by atoms with Gasteiger partial charge in [0.05, 0.1) is 21.2 Å². The summed E-state index contributed by atoms with van der Waals surface area (Å²) >= 11 is 13.7. The highest BCUT2D eigenvalue weighted by Crippen LogP contribution is 2.35. The second-order valence-corrected chi connectivity index (χ2v) is 12.3. The van der Waals surface area contributed by atoms with Crippen LogP contribution in [0.3, 0.4) is 0 Å². The maximum Gasteiger partial charge on any atom is 0.243 e. The van der Waals surface area contributed by atoms with Gasteiger partial charge in [0.25, 0.3) is 0 Å². The predicted molar refractivity (Wildman–Crippen MR) is 143 cm³/mol. The Labute approximate surface area is 223 Å². The van der Waals surface area contributed by atoms with E-state index in [2.05, 4.69) is 9.97 Å². The summed E-state index contributed by atoms with van der Waals surface area (Å²) in [6.45, 7) is 0.828. The summed E-state index contributed by atoms with van der Waals surface area (Å²) < 4.78 is 28.5. The molecule has 0 atom stereocenters. The van der Waals surface area contributed by atoms with Crippen LogP contribution in [0, 0.1) is 5.92 Å². The number of amides is 1. The fourth-order valence-electron chi connectivity index (χ4n) is 4.25. The standard InChI is InChI=1S/C25H22Cl2N4O3S2/c26-19-6-8-20(9-7-19)36(33,34)30-13-10-18(11-14-30)24(32)31(16-17-3-2-12-28-15-17)25-29-23-21(27)4-1-5-22(23)35-25/h1-9,12,15,18H,10-11,13-14,16H2. The molecule has 0 radical (unpaired) electrons. The highest BCUT2D eigenvalue weighted by Gasteiger charge is 2.35. The average Bonchev–Trinajstić information content (AvgIpc) is 3.33. The zero-order valence-electron chi connectivity index (χ0n) is 19.0. The number of nitrogens with zero attached hydrogens (tertiary/aromatic N) is 4. The number of halogens is 2. The van der Waals surface area contributed by atoms with E-state index in [-0.39, 0.29) is 29.8 Å². The van der Waals surface area contributed by atoms with Crippen molar-refractivity contribution in [2.24, 2.45) is 5.92 Å². The van der Waals surface area contributed by atoms with E-state index >= 15 is 0 Å². The lowest BCUT2D eigenvalue weighted by atomic mass is 9.96. The maximum absolute atomic E-state index is 13.8. The minimum absolute atomic E-state index is 0.0856. The molecule has 1 fully saturated rings. The van der Waals surface area contributed by atoms with E-state index in [4.69, 9.17) is 23.2 Å². The van der Waals surface area contributed by atoms with Gasteiger partial charge >= 0.3 is 0 Å². The third-order valence-corrected chi connectivity index (χ3v) is 9.69. The first-order valence-corrected chi connectivity index (χ1v) is 14.4. The van der Waals surface area contributed by atoms with Gasteiger partial charge in [-0.25, -0.2) is 13.4 Å². The molecule has 1 amide bonds. The van der Waals surface area contributed by atoms with Crippen LogP contribution in [0.25, 0.3) is 10.2 Å². The topological polar surface area (TPSA) is 83.5 Å². The highest BCUT2D eigenvalue weighted by molar-refractivity contribution is 7.89. The van der Waals surface area contributed by atoms with E-state index in [1.54, 1.807) is 35.5 Å². The first kappa shape index (κ1) is 25.1. The molecule has 186 valence electrons. The van der Waals surface area contributed by atoms with Gasteiger partial charge < -0.3 is 0 Å². The Bertz CT molecular complexity index is 1490. The van der Waals surface area contributed by atoms with Gasteiger partial charge in [-0.3, -0.25) is 14.7 Å². The summed E-state index contributed by atoms with van der Waals surface area (Å²) in [4.78, 5) is 24.5. The van der Waals surface area contributed by atoms with Crippen molar-refractivity contribution in [3.05, 3.63) is 82.6 Å². The summed E-state index contributed by atoms with van der Waals surface area (Å²) in [5.41, 5.74) is 1.53. The lowest BCUT2D eigenvalue weighted by Crippen LogP contribution is -2.44. The number of pyridine rings is 1. The van der Waals surface area contributed by atoms with Crippen molar-refractivity contribution in [2.75, 3.05) is 18.0 Å². The van der Waals surface area contributed by atoms with Crippen molar-refractivity contribution in [3.8, 4) is 0 Å². The van der Waals surface area contributed by atoms with Gasteiger partial charge in [0, 0.05) is 36.4 Å². The molecule has 1 aliphatic rings. The van der Waals surface area contributed by atoms with Crippen molar-refractivity contribution in [1.29, 1.82) is 0 Å². The van der Waals surface area contributed by atoms with Gasteiger partial charge in [-0.15, -0.1) is 0 Å². The smallest absolute Gasteiger partial charge is 0.243 e. The largest absolute Gasteiger partial charge is 0.283 e. The number of hydrogen-bond donors (Lipinski definition) is 0. The van der Waals surface area contributed by atoms with Gasteiger partial charge in [0.15, 0.2) is 5.13 Å². The molecular formula is C25H22Cl2N4O3S2. The number of hydrogen-bond acceptors (Lipinski definition) is 6. The number of anilines is 1. The summed E-state index contributed by atoms with van der Waals surface area (Å²) in [7, 11) is -3.65. The monoisotopic (exact) mass is 560 g/mol. The minimum Gasteiger partial charge on any atom is -0.283 e. The Morgan fingerprint density at radius 1 is 1.06 bits per heavy atom. The molecule has 1 saturated heterocycles. The molecule has 4 aromatic rings. The molecular weight excluding hydrogens is 539 g/mol.